The molecule has 2 nitrogen and oxygen atoms in total. The smallest absolute Gasteiger partial charge is 0.119 e. The van der Waals surface area contributed by atoms with Crippen LogP contribution in [-0.2, 0) is 6.42 Å². The van der Waals surface area contributed by atoms with Gasteiger partial charge in [-0.05, 0) is 36.8 Å². The molecule has 0 amide bonds. The average Bonchev–Trinajstić information content (AvgIpc) is 2.90. The van der Waals surface area contributed by atoms with E-state index in [2.05, 4.69) is 51.2 Å². The lowest BCUT2D eigenvalue weighted by Gasteiger charge is -2.09. The molecule has 2 aromatic carbocycles. The van der Waals surface area contributed by atoms with Gasteiger partial charge in [0.15, 0.2) is 0 Å². The Morgan fingerprint density at radius 2 is 1.90 bits per heavy atom. The number of halogens is 1. The predicted octanol–water partition coefficient (Wildman–Crippen LogP) is 5.37. The van der Waals surface area contributed by atoms with Crippen LogP contribution in [0.15, 0.2) is 48.5 Å². The molecule has 1 unspecified atom stereocenters. The maximum atomic E-state index is 5.47. The number of fused-ring (bicyclic) bond motifs is 1. The largest absolute Gasteiger partial charge is 0.494 e. The summed E-state index contributed by atoms with van der Waals surface area (Å²) in [5.41, 5.74) is 2.33. The molecule has 108 valence electrons. The summed E-state index contributed by atoms with van der Waals surface area (Å²) in [7, 11) is 0. The molecule has 0 bridgehead atoms. The Hall–Kier alpha value is -1.39. The predicted molar refractivity (Wildman–Crippen MR) is 92.6 cm³/mol. The quantitative estimate of drug-likeness (QED) is 0.569. The van der Waals surface area contributed by atoms with Gasteiger partial charge >= 0.3 is 0 Å². The van der Waals surface area contributed by atoms with Crippen molar-refractivity contribution in [2.75, 3.05) is 6.61 Å². The number of thiazole rings is 1. The summed E-state index contributed by atoms with van der Waals surface area (Å²) < 4.78 is 6.72. The van der Waals surface area contributed by atoms with Gasteiger partial charge in [0, 0.05) is 11.2 Å². The van der Waals surface area contributed by atoms with Gasteiger partial charge in [-0.2, -0.15) is 0 Å². The van der Waals surface area contributed by atoms with Crippen molar-refractivity contribution < 1.29 is 4.74 Å². The molecule has 0 aliphatic carbocycles. The first kappa shape index (κ1) is 14.5. The highest BCUT2D eigenvalue weighted by Crippen LogP contribution is 2.31. The molecule has 0 aliphatic rings. The molecular formula is C17H16BrNOS. The zero-order valence-corrected chi connectivity index (χ0v) is 14.2. The van der Waals surface area contributed by atoms with Crippen LogP contribution in [0.5, 0.6) is 5.75 Å². The Labute approximate surface area is 136 Å². The lowest BCUT2D eigenvalue weighted by Crippen LogP contribution is -1.96. The first-order chi connectivity index (χ1) is 10.3. The second-order valence-corrected chi connectivity index (χ2v) is 6.97. The molecule has 4 heteroatoms. The molecule has 1 heterocycles. The van der Waals surface area contributed by atoms with Gasteiger partial charge in [-0.25, -0.2) is 4.98 Å². The molecule has 0 spiro atoms. The third-order valence-corrected chi connectivity index (χ3v) is 5.16. The van der Waals surface area contributed by atoms with Gasteiger partial charge in [-0.1, -0.05) is 40.2 Å². The maximum absolute atomic E-state index is 5.47. The van der Waals surface area contributed by atoms with E-state index in [1.165, 1.54) is 10.3 Å². The van der Waals surface area contributed by atoms with Crippen molar-refractivity contribution in [3.8, 4) is 5.75 Å². The molecule has 0 aliphatic heterocycles. The van der Waals surface area contributed by atoms with Crippen molar-refractivity contribution in [3.05, 3.63) is 59.1 Å². The van der Waals surface area contributed by atoms with Crippen LogP contribution in [-0.4, -0.2) is 11.6 Å². The molecule has 0 N–H and O–H groups in total. The van der Waals surface area contributed by atoms with Crippen LogP contribution in [0.4, 0.5) is 0 Å². The van der Waals surface area contributed by atoms with E-state index in [4.69, 9.17) is 4.74 Å². The van der Waals surface area contributed by atoms with Crippen molar-refractivity contribution in [2.24, 2.45) is 0 Å². The van der Waals surface area contributed by atoms with E-state index in [1.54, 1.807) is 11.3 Å². The van der Waals surface area contributed by atoms with Gasteiger partial charge in [-0.3, -0.25) is 0 Å². The normalized spacial score (nSPS) is 12.5. The minimum atomic E-state index is 0.272. The van der Waals surface area contributed by atoms with E-state index in [0.717, 1.165) is 22.7 Å². The summed E-state index contributed by atoms with van der Waals surface area (Å²) in [5.74, 6) is 0.918. The highest BCUT2D eigenvalue weighted by Gasteiger charge is 2.12. The van der Waals surface area contributed by atoms with E-state index in [-0.39, 0.29) is 4.83 Å². The highest BCUT2D eigenvalue weighted by atomic mass is 79.9. The topological polar surface area (TPSA) is 22.1 Å². The van der Waals surface area contributed by atoms with E-state index >= 15 is 0 Å². The van der Waals surface area contributed by atoms with Gasteiger partial charge in [0.2, 0.25) is 0 Å². The summed E-state index contributed by atoms with van der Waals surface area (Å²) in [6, 6.07) is 16.5. The lowest BCUT2D eigenvalue weighted by molar-refractivity contribution is 0.340. The third kappa shape index (κ3) is 3.44. The van der Waals surface area contributed by atoms with Gasteiger partial charge in [0.25, 0.3) is 0 Å². The molecule has 1 atom stereocenters. The molecule has 0 radical (unpaired) electrons. The van der Waals surface area contributed by atoms with E-state index < -0.39 is 0 Å². The number of hydrogen-bond donors (Lipinski definition) is 0. The van der Waals surface area contributed by atoms with Gasteiger partial charge in [-0.15, -0.1) is 11.3 Å². The van der Waals surface area contributed by atoms with Crippen LogP contribution in [0.2, 0.25) is 0 Å². The fraction of sp³-hybridized carbons (Fsp3) is 0.235. The van der Waals surface area contributed by atoms with Crippen LogP contribution in [0.1, 0.15) is 22.3 Å². The Bertz CT molecular complexity index is 690. The van der Waals surface area contributed by atoms with Gasteiger partial charge in [0.05, 0.1) is 21.8 Å². The Kier molecular flexibility index (Phi) is 4.56. The van der Waals surface area contributed by atoms with Crippen molar-refractivity contribution in [3.63, 3.8) is 0 Å². The zero-order valence-electron chi connectivity index (χ0n) is 11.8. The number of hydrogen-bond acceptors (Lipinski definition) is 3. The molecule has 0 saturated heterocycles. The van der Waals surface area contributed by atoms with Gasteiger partial charge < -0.3 is 4.74 Å². The lowest BCUT2D eigenvalue weighted by atomic mass is 10.1. The zero-order chi connectivity index (χ0) is 14.7. The Morgan fingerprint density at radius 3 is 2.62 bits per heavy atom. The summed E-state index contributed by atoms with van der Waals surface area (Å²) in [5, 5.41) is 1.16. The first-order valence-electron chi connectivity index (χ1n) is 6.97. The van der Waals surface area contributed by atoms with Crippen LogP contribution in [0.3, 0.4) is 0 Å². The molecule has 0 saturated carbocycles. The molecule has 21 heavy (non-hydrogen) atoms. The van der Waals surface area contributed by atoms with E-state index in [9.17, 15) is 0 Å². The number of nitrogens with zero attached hydrogens (tertiary/aromatic N) is 1. The fourth-order valence-electron chi connectivity index (χ4n) is 2.22. The Morgan fingerprint density at radius 1 is 1.14 bits per heavy atom. The average molecular weight is 362 g/mol. The fourth-order valence-corrected chi connectivity index (χ4v) is 4.06. The van der Waals surface area contributed by atoms with Gasteiger partial charge in [0.1, 0.15) is 5.75 Å². The second kappa shape index (κ2) is 6.58. The number of aromatic nitrogens is 1. The number of alkyl halides is 1. The minimum Gasteiger partial charge on any atom is -0.494 e. The monoisotopic (exact) mass is 361 g/mol. The maximum Gasteiger partial charge on any atom is 0.119 e. The van der Waals surface area contributed by atoms with Crippen LogP contribution in [0, 0.1) is 0 Å². The summed E-state index contributed by atoms with van der Waals surface area (Å²) >= 11 is 5.54. The van der Waals surface area contributed by atoms with Crippen molar-refractivity contribution >= 4 is 37.5 Å². The summed E-state index contributed by atoms with van der Waals surface area (Å²) in [6.07, 6.45) is 0.896. The number of rotatable bonds is 5. The number of benzene rings is 2. The Balaban J connectivity index is 1.74. The van der Waals surface area contributed by atoms with Crippen LogP contribution in [0.25, 0.3) is 10.2 Å². The number of ether oxygens (including phenoxy) is 1. The standard InChI is InChI=1S/C17H16BrNOS/c1-2-20-13-9-7-12(8-10-13)14(18)11-17-19-15-5-3-4-6-16(15)21-17/h3-10,14H,2,11H2,1H3. The molecule has 3 rings (SSSR count). The number of para-hydroxylation sites is 1. The third-order valence-electron chi connectivity index (χ3n) is 3.24. The second-order valence-electron chi connectivity index (χ2n) is 4.75. The molecule has 0 fully saturated rings. The van der Waals surface area contributed by atoms with Crippen molar-refractivity contribution in [1.82, 2.24) is 4.98 Å². The minimum absolute atomic E-state index is 0.272. The highest BCUT2D eigenvalue weighted by molar-refractivity contribution is 9.09. The summed E-state index contributed by atoms with van der Waals surface area (Å²) in [6.45, 7) is 2.69. The van der Waals surface area contributed by atoms with Crippen LogP contribution >= 0.6 is 27.3 Å². The van der Waals surface area contributed by atoms with Crippen molar-refractivity contribution in [2.45, 2.75) is 18.2 Å². The van der Waals surface area contributed by atoms with E-state index in [0.29, 0.717) is 6.61 Å². The molecule has 1 aromatic heterocycles. The molecule has 3 aromatic rings. The van der Waals surface area contributed by atoms with Crippen LogP contribution < -0.4 is 4.74 Å². The SMILES string of the molecule is CCOc1ccc(C(Br)Cc2nc3ccccc3s2)cc1. The summed E-state index contributed by atoms with van der Waals surface area (Å²) in [4.78, 5) is 4.96. The molecular weight excluding hydrogens is 346 g/mol. The van der Waals surface area contributed by atoms with E-state index in [1.807, 2.05) is 25.1 Å². The first-order valence-corrected chi connectivity index (χ1v) is 8.70. The van der Waals surface area contributed by atoms with Crippen molar-refractivity contribution in [1.29, 1.82) is 0 Å².